The third-order valence-electron chi connectivity index (χ3n) is 8.00. The minimum atomic E-state index is -0.466. The molecule has 0 spiro atoms. The fraction of sp³-hybridized carbons (Fsp3) is 0.261. The monoisotopic (exact) mass is 836 g/mol. The van der Waals surface area contributed by atoms with E-state index in [1.807, 2.05) is 19.1 Å². The fourth-order valence-electron chi connectivity index (χ4n) is 4.85. The highest BCUT2D eigenvalue weighted by atomic mass is 32.1. The van der Waals surface area contributed by atoms with Crippen LogP contribution >= 0.6 is 11.3 Å². The lowest BCUT2D eigenvalue weighted by Crippen LogP contribution is -2.26. The number of hydrogen-bond donors (Lipinski definition) is 0. The zero-order valence-corrected chi connectivity index (χ0v) is 34.7. The van der Waals surface area contributed by atoms with Crippen LogP contribution in [0.25, 0.3) is 20.8 Å². The normalized spacial score (nSPS) is 10.6. The zero-order valence-electron chi connectivity index (χ0n) is 33.8. The fourth-order valence-corrected chi connectivity index (χ4v) is 5.89. The van der Waals surface area contributed by atoms with Crippen molar-refractivity contribution in [3.05, 3.63) is 127 Å². The molecule has 0 saturated heterocycles. The Morgan fingerprint density at radius 3 is 2.08 bits per heavy atom. The van der Waals surface area contributed by atoms with Crippen LogP contribution in [-0.4, -0.2) is 82.9 Å². The average molecular weight is 837 g/mol. The topological polar surface area (TPSA) is 170 Å². The Labute approximate surface area is 353 Å². The molecule has 0 aliphatic heterocycles. The van der Waals surface area contributed by atoms with Crippen LogP contribution in [0.15, 0.2) is 110 Å². The Kier molecular flexibility index (Phi) is 21.6. The number of carbonyl (C=O) groups is 4. The summed E-state index contributed by atoms with van der Waals surface area (Å²) in [5.41, 5.74) is 3.09. The van der Waals surface area contributed by atoms with Gasteiger partial charge >= 0.3 is 11.9 Å². The van der Waals surface area contributed by atoms with Gasteiger partial charge in [-0.05, 0) is 98.1 Å². The van der Waals surface area contributed by atoms with Gasteiger partial charge in [-0.2, -0.15) is 5.26 Å². The Morgan fingerprint density at radius 2 is 1.48 bits per heavy atom. The molecule has 5 rings (SSSR count). The summed E-state index contributed by atoms with van der Waals surface area (Å²) < 4.78 is 38.7. The van der Waals surface area contributed by atoms with Crippen LogP contribution in [0, 0.1) is 11.3 Å². The molecule has 1 heterocycles. The first-order valence-corrected chi connectivity index (χ1v) is 19.6. The summed E-state index contributed by atoms with van der Waals surface area (Å²) >= 11 is 1.40. The van der Waals surface area contributed by atoms with Gasteiger partial charge in [0.05, 0.1) is 44.1 Å². The number of aromatic nitrogens is 1. The first kappa shape index (κ1) is 47.7. The summed E-state index contributed by atoms with van der Waals surface area (Å²) in [6.07, 6.45) is 6.01. The van der Waals surface area contributed by atoms with Crippen molar-refractivity contribution >= 4 is 46.1 Å². The molecule has 4 aromatic carbocycles. The van der Waals surface area contributed by atoms with Gasteiger partial charge in [0.25, 0.3) is 0 Å². The standard InChI is InChI=1S/C25H20N2O4S.C18H24O6.C3H4O/c1-3-14-30-19-10-8-18(9-11-19)25(28)31-21-13-12-20(29-2)22-23(21)32-24(27-22)17-6-4-16(15-26)5-7-17;1-3-18(20)23-11-5-4-10-22-13-17(21-2)14-24-16-8-6-15(12-19)7-9-16;1-2-3-4/h4-13H,3,14H2,1-2H3;3,6-9,12,17H,1,4-5,10-11,13-14H2,2H3;2-3H,1H2. The number of esters is 2. The number of carbonyl (C=O) groups excluding carboxylic acids is 4. The molecule has 0 fully saturated rings. The maximum Gasteiger partial charge on any atom is 0.343 e. The van der Waals surface area contributed by atoms with Crippen molar-refractivity contribution in [3.63, 3.8) is 0 Å². The average Bonchev–Trinajstić information content (AvgIpc) is 3.76. The van der Waals surface area contributed by atoms with Crippen LogP contribution in [-0.2, 0) is 23.8 Å². The molecule has 0 saturated carbocycles. The summed E-state index contributed by atoms with van der Waals surface area (Å²) in [6.45, 7) is 10.8. The van der Waals surface area contributed by atoms with Crippen molar-refractivity contribution in [1.29, 1.82) is 5.26 Å². The van der Waals surface area contributed by atoms with Gasteiger partial charge < -0.3 is 33.2 Å². The predicted molar refractivity (Wildman–Crippen MR) is 229 cm³/mol. The lowest BCUT2D eigenvalue weighted by atomic mass is 10.1. The van der Waals surface area contributed by atoms with Crippen molar-refractivity contribution in [2.75, 3.05) is 47.3 Å². The number of ether oxygens (including phenoxy) is 7. The summed E-state index contributed by atoms with van der Waals surface area (Å²) in [5.74, 6) is 1.51. The van der Waals surface area contributed by atoms with Crippen molar-refractivity contribution in [2.24, 2.45) is 0 Å². The lowest BCUT2D eigenvalue weighted by molar-refractivity contribution is -0.137. The SMILES string of the molecule is C=CC(=O)OCCCCOCC(COc1ccc(C=O)cc1)OC.C=CC=O.CCCOc1ccc(C(=O)Oc2ccc(OC)c3nc(-c4ccc(C#N)cc4)sc23)cc1. The van der Waals surface area contributed by atoms with Crippen molar-refractivity contribution in [2.45, 2.75) is 32.3 Å². The maximum atomic E-state index is 12.7. The van der Waals surface area contributed by atoms with E-state index in [0.29, 0.717) is 89.2 Å². The van der Waals surface area contributed by atoms with Gasteiger partial charge in [-0.15, -0.1) is 11.3 Å². The Bertz CT molecular complexity index is 2150. The molecule has 314 valence electrons. The van der Waals surface area contributed by atoms with Gasteiger partial charge in [0, 0.05) is 30.9 Å². The van der Waals surface area contributed by atoms with Crippen LogP contribution in [0.3, 0.4) is 0 Å². The molecule has 60 heavy (non-hydrogen) atoms. The number of hydrogen-bond acceptors (Lipinski definition) is 14. The van der Waals surface area contributed by atoms with E-state index < -0.39 is 11.9 Å². The largest absolute Gasteiger partial charge is 0.494 e. The molecular formula is C46H48N2O11S. The number of rotatable bonds is 21. The Hall–Kier alpha value is -6.66. The zero-order chi connectivity index (χ0) is 43.5. The van der Waals surface area contributed by atoms with Gasteiger partial charge in [0.2, 0.25) is 0 Å². The molecule has 0 N–H and O–H groups in total. The second-order valence-electron chi connectivity index (χ2n) is 12.3. The quantitative estimate of drug-likeness (QED) is 0.0227. The van der Waals surface area contributed by atoms with E-state index in [0.717, 1.165) is 42.2 Å². The molecule has 0 aliphatic rings. The second-order valence-corrected chi connectivity index (χ2v) is 13.3. The van der Waals surface area contributed by atoms with E-state index in [1.54, 1.807) is 87.0 Å². The minimum Gasteiger partial charge on any atom is -0.494 e. The number of allylic oxidation sites excluding steroid dienone is 1. The number of fused-ring (bicyclic) bond motifs is 1. The molecular weight excluding hydrogens is 789 g/mol. The summed E-state index contributed by atoms with van der Waals surface area (Å²) in [4.78, 5) is 47.9. The highest BCUT2D eigenvalue weighted by Gasteiger charge is 2.18. The first-order chi connectivity index (χ1) is 29.2. The molecule has 0 aliphatic carbocycles. The number of nitriles is 1. The van der Waals surface area contributed by atoms with E-state index in [9.17, 15) is 14.4 Å². The van der Waals surface area contributed by atoms with E-state index in [4.69, 9.17) is 48.2 Å². The van der Waals surface area contributed by atoms with Gasteiger partial charge in [0.1, 0.15) is 57.8 Å². The third-order valence-corrected chi connectivity index (χ3v) is 9.12. The Balaban J connectivity index is 0.000000305. The van der Waals surface area contributed by atoms with Crippen LogP contribution in [0.2, 0.25) is 0 Å². The number of benzene rings is 4. The highest BCUT2D eigenvalue weighted by molar-refractivity contribution is 7.22. The summed E-state index contributed by atoms with van der Waals surface area (Å²) in [6, 6.07) is 26.5. The van der Waals surface area contributed by atoms with Crippen LogP contribution < -0.4 is 18.9 Å². The molecule has 1 unspecified atom stereocenters. The molecule has 1 aromatic heterocycles. The van der Waals surface area contributed by atoms with E-state index in [2.05, 4.69) is 19.2 Å². The van der Waals surface area contributed by atoms with Gasteiger partial charge in [-0.1, -0.05) is 32.2 Å². The van der Waals surface area contributed by atoms with Crippen molar-refractivity contribution in [1.82, 2.24) is 4.98 Å². The number of nitrogens with zero attached hydrogens (tertiary/aromatic N) is 2. The molecule has 1 atom stereocenters. The first-order valence-electron chi connectivity index (χ1n) is 18.8. The van der Waals surface area contributed by atoms with Crippen molar-refractivity contribution in [3.8, 4) is 39.6 Å². The smallest absolute Gasteiger partial charge is 0.343 e. The maximum absolute atomic E-state index is 12.7. The van der Waals surface area contributed by atoms with Crippen molar-refractivity contribution < 1.29 is 52.3 Å². The van der Waals surface area contributed by atoms with Gasteiger partial charge in [-0.25, -0.2) is 14.6 Å². The van der Waals surface area contributed by atoms with Crippen LogP contribution in [0.1, 0.15) is 52.5 Å². The molecule has 13 nitrogen and oxygen atoms in total. The van der Waals surface area contributed by atoms with Gasteiger partial charge in [-0.3, -0.25) is 9.59 Å². The second kappa shape index (κ2) is 27.1. The van der Waals surface area contributed by atoms with Crippen LogP contribution in [0.5, 0.6) is 23.0 Å². The van der Waals surface area contributed by atoms with E-state index in [-0.39, 0.29) is 6.10 Å². The molecule has 5 aromatic rings. The number of aldehydes is 2. The minimum absolute atomic E-state index is 0.186. The number of unbranched alkanes of at least 4 members (excludes halogenated alkanes) is 1. The van der Waals surface area contributed by atoms with Crippen LogP contribution in [0.4, 0.5) is 0 Å². The summed E-state index contributed by atoms with van der Waals surface area (Å²) in [5, 5.41) is 9.75. The Morgan fingerprint density at radius 1 is 0.833 bits per heavy atom. The summed E-state index contributed by atoms with van der Waals surface area (Å²) in [7, 11) is 3.17. The highest BCUT2D eigenvalue weighted by Crippen LogP contribution is 2.40. The molecule has 14 heteroatoms. The molecule has 0 radical (unpaired) electrons. The van der Waals surface area contributed by atoms with E-state index in [1.165, 1.54) is 17.4 Å². The van der Waals surface area contributed by atoms with E-state index >= 15 is 0 Å². The molecule has 0 bridgehead atoms. The molecule has 0 amide bonds. The number of thiazole rings is 1. The van der Waals surface area contributed by atoms with Gasteiger partial charge in [0.15, 0.2) is 5.75 Å². The number of methoxy groups -OCH3 is 2. The predicted octanol–water partition coefficient (Wildman–Crippen LogP) is 8.64. The lowest BCUT2D eigenvalue weighted by Gasteiger charge is -2.16. The third kappa shape index (κ3) is 15.9.